The van der Waals surface area contributed by atoms with Gasteiger partial charge in [-0.15, -0.1) is 0 Å². The zero-order valence-corrected chi connectivity index (χ0v) is 7.84. The Hall–Kier alpha value is 0.0700. The van der Waals surface area contributed by atoms with Crippen molar-refractivity contribution in [2.75, 3.05) is 34.4 Å². The first-order valence-corrected chi connectivity index (χ1v) is 4.79. The molecule has 1 saturated heterocycles. The third-order valence-electron chi connectivity index (χ3n) is 0.927. The molecule has 1 aliphatic rings. The van der Waals surface area contributed by atoms with Crippen molar-refractivity contribution in [3.05, 3.63) is 0 Å². The van der Waals surface area contributed by atoms with Crippen LogP contribution in [-0.4, -0.2) is 39.0 Å². The maximum atomic E-state index is 11.3. The highest BCUT2D eigenvalue weighted by molar-refractivity contribution is 7.48. The van der Waals surface area contributed by atoms with E-state index in [0.29, 0.717) is 13.2 Å². The second kappa shape index (κ2) is 2.84. The lowest BCUT2D eigenvalue weighted by molar-refractivity contribution is -1.04. The molecule has 1 fully saturated rings. The Morgan fingerprint density at radius 1 is 1.27 bits per heavy atom. The van der Waals surface area contributed by atoms with Gasteiger partial charge in [-0.2, -0.15) is 4.65 Å². The molecule has 1 aliphatic heterocycles. The summed E-state index contributed by atoms with van der Waals surface area (Å²) in [6.07, 6.45) is 0. The van der Waals surface area contributed by atoms with E-state index in [9.17, 15) is 4.57 Å². The molecule has 0 aromatic rings. The number of hydroxylamine groups is 3. The molecule has 0 unspecified atom stereocenters. The molecule has 0 saturated carbocycles. The first kappa shape index (κ1) is 9.16. The Labute approximate surface area is 66.0 Å². The van der Waals surface area contributed by atoms with Gasteiger partial charge in [-0.05, 0) is 0 Å². The van der Waals surface area contributed by atoms with E-state index in [-0.39, 0.29) is 4.65 Å². The summed E-state index contributed by atoms with van der Waals surface area (Å²) in [4.78, 5) is 0. The van der Waals surface area contributed by atoms with E-state index in [1.54, 1.807) is 21.1 Å². The van der Waals surface area contributed by atoms with Crippen LogP contribution in [0.2, 0.25) is 0 Å². The van der Waals surface area contributed by atoms with Gasteiger partial charge in [-0.25, -0.2) is 4.57 Å². The monoisotopic (exact) mass is 182 g/mol. The molecule has 6 heteroatoms. The molecular weight excluding hydrogens is 169 g/mol. The number of phosphoric ester groups is 1. The number of phosphoric acid groups is 1. The first-order valence-electron chi connectivity index (χ1n) is 3.33. The minimum atomic E-state index is -3.22. The highest BCUT2D eigenvalue weighted by atomic mass is 31.2. The van der Waals surface area contributed by atoms with Crippen molar-refractivity contribution in [2.45, 2.75) is 0 Å². The van der Waals surface area contributed by atoms with Crippen molar-refractivity contribution in [2.24, 2.45) is 0 Å². The summed E-state index contributed by atoms with van der Waals surface area (Å²) in [6, 6.07) is 0. The average molecular weight is 182 g/mol. The van der Waals surface area contributed by atoms with E-state index >= 15 is 0 Å². The fourth-order valence-electron chi connectivity index (χ4n) is 0.683. The molecule has 0 aliphatic carbocycles. The molecule has 66 valence electrons. The van der Waals surface area contributed by atoms with Gasteiger partial charge in [0.2, 0.25) is 0 Å². The lowest BCUT2D eigenvalue weighted by Gasteiger charge is -2.22. The summed E-state index contributed by atoms with van der Waals surface area (Å²) in [7, 11) is 2.00. The van der Waals surface area contributed by atoms with Crippen LogP contribution < -0.4 is 0 Å². The Bertz CT molecular complexity index is 177. The van der Waals surface area contributed by atoms with Gasteiger partial charge in [0.25, 0.3) is 0 Å². The average Bonchev–Trinajstić information content (AvgIpc) is 2.09. The maximum absolute atomic E-state index is 11.3. The van der Waals surface area contributed by atoms with Crippen LogP contribution >= 0.6 is 7.82 Å². The maximum Gasteiger partial charge on any atom is 0.521 e. The molecule has 0 spiro atoms. The molecule has 11 heavy (non-hydrogen) atoms. The van der Waals surface area contributed by atoms with Crippen LogP contribution in [0, 0.1) is 0 Å². The van der Waals surface area contributed by atoms with Gasteiger partial charge in [-0.1, -0.05) is 4.62 Å². The van der Waals surface area contributed by atoms with Crippen molar-refractivity contribution < 1.29 is 22.9 Å². The van der Waals surface area contributed by atoms with Crippen LogP contribution in [0.4, 0.5) is 0 Å². The second-order valence-electron chi connectivity index (χ2n) is 3.08. The van der Waals surface area contributed by atoms with Gasteiger partial charge < -0.3 is 0 Å². The van der Waals surface area contributed by atoms with E-state index in [2.05, 4.69) is 0 Å². The predicted octanol–water partition coefficient (Wildman–Crippen LogP) is 0.779. The van der Waals surface area contributed by atoms with E-state index in [4.69, 9.17) is 13.7 Å². The van der Waals surface area contributed by atoms with Crippen molar-refractivity contribution in [1.29, 1.82) is 0 Å². The number of hydrogen-bond acceptors (Lipinski definition) is 4. The third-order valence-corrected chi connectivity index (χ3v) is 2.61. The summed E-state index contributed by atoms with van der Waals surface area (Å²) in [6.45, 7) is 0.689. The first-order chi connectivity index (χ1) is 4.91. The molecule has 0 aromatic heterocycles. The summed E-state index contributed by atoms with van der Waals surface area (Å²) in [5.41, 5.74) is 0. The smallest absolute Gasteiger partial charge is 0.281 e. The summed E-state index contributed by atoms with van der Waals surface area (Å²) < 4.78 is 26.1. The lowest BCUT2D eigenvalue weighted by atomic mass is 10.8. The highest BCUT2D eigenvalue weighted by Gasteiger charge is 2.38. The van der Waals surface area contributed by atoms with Gasteiger partial charge in [-0.3, -0.25) is 9.05 Å². The molecule has 0 amide bonds. The zero-order valence-electron chi connectivity index (χ0n) is 6.94. The quantitative estimate of drug-likeness (QED) is 0.359. The highest BCUT2D eigenvalue weighted by Crippen LogP contribution is 2.53. The fraction of sp³-hybridized carbons (Fsp3) is 1.00. The molecule has 0 bridgehead atoms. The van der Waals surface area contributed by atoms with Gasteiger partial charge in [0.15, 0.2) is 0 Å². The molecule has 0 N–H and O–H groups in total. The Morgan fingerprint density at radius 2 is 1.73 bits per heavy atom. The van der Waals surface area contributed by atoms with Crippen LogP contribution in [-0.2, 0) is 18.2 Å². The number of hydrogen-bond donors (Lipinski definition) is 0. The number of nitrogens with zero attached hydrogens (tertiary/aromatic N) is 1. The van der Waals surface area contributed by atoms with E-state index in [1.807, 2.05) is 0 Å². The summed E-state index contributed by atoms with van der Waals surface area (Å²) >= 11 is 0. The van der Waals surface area contributed by atoms with E-state index in [0.717, 1.165) is 0 Å². The SMILES string of the molecule is C[N+](C)(C)OP1(=O)OCCO1. The number of quaternary nitrogens is 1. The normalized spacial score (nSPS) is 23.9. The molecule has 0 aromatic carbocycles. The van der Waals surface area contributed by atoms with Crippen LogP contribution in [0.3, 0.4) is 0 Å². The summed E-state index contributed by atoms with van der Waals surface area (Å²) in [5.74, 6) is 0. The van der Waals surface area contributed by atoms with Crippen LogP contribution in [0.15, 0.2) is 0 Å². The number of rotatable bonds is 2. The van der Waals surface area contributed by atoms with E-state index in [1.165, 1.54) is 0 Å². The van der Waals surface area contributed by atoms with Gasteiger partial charge in [0.05, 0.1) is 34.4 Å². The van der Waals surface area contributed by atoms with Gasteiger partial charge >= 0.3 is 7.82 Å². The van der Waals surface area contributed by atoms with Crippen molar-refractivity contribution in [3.63, 3.8) is 0 Å². The largest absolute Gasteiger partial charge is 0.521 e. The second-order valence-corrected chi connectivity index (χ2v) is 4.66. The topological polar surface area (TPSA) is 44.8 Å². The molecule has 0 radical (unpaired) electrons. The zero-order chi connectivity index (χ0) is 8.54. The van der Waals surface area contributed by atoms with Crippen molar-refractivity contribution in [3.8, 4) is 0 Å². The third kappa shape index (κ3) is 2.89. The predicted molar refractivity (Wildman–Crippen MR) is 38.6 cm³/mol. The Balaban J connectivity index is 2.54. The van der Waals surface area contributed by atoms with Crippen LogP contribution in [0.1, 0.15) is 0 Å². The molecule has 5 nitrogen and oxygen atoms in total. The van der Waals surface area contributed by atoms with E-state index < -0.39 is 7.82 Å². The molecule has 1 heterocycles. The van der Waals surface area contributed by atoms with Gasteiger partial charge in [0, 0.05) is 0 Å². The van der Waals surface area contributed by atoms with Crippen molar-refractivity contribution >= 4 is 7.82 Å². The van der Waals surface area contributed by atoms with Crippen molar-refractivity contribution in [1.82, 2.24) is 0 Å². The molecular formula is C5H13NO4P+. The van der Waals surface area contributed by atoms with Crippen LogP contribution in [0.25, 0.3) is 0 Å². The standard InChI is InChI=1S/C5H13NO4P/c1-6(2,3)10-11(7)8-4-5-9-11/h4-5H2,1-3H3/q+1. The molecule has 0 atom stereocenters. The Kier molecular flexibility index (Phi) is 2.37. The Morgan fingerprint density at radius 3 is 2.09 bits per heavy atom. The fourth-order valence-corrected chi connectivity index (χ4v) is 2.05. The lowest BCUT2D eigenvalue weighted by Crippen LogP contribution is -2.33. The minimum Gasteiger partial charge on any atom is -0.281 e. The summed E-state index contributed by atoms with van der Waals surface area (Å²) in [5, 5.41) is 0. The molecule has 1 rings (SSSR count). The van der Waals surface area contributed by atoms with Gasteiger partial charge in [0.1, 0.15) is 0 Å². The minimum absolute atomic E-state index is 0.108. The van der Waals surface area contributed by atoms with Crippen LogP contribution in [0.5, 0.6) is 0 Å².